The molecule has 4 rings (SSSR count). The molecule has 10 heteroatoms. The van der Waals surface area contributed by atoms with Crippen molar-refractivity contribution >= 4 is 27.4 Å². The number of hydrogen-bond acceptors (Lipinski definition) is 5. The van der Waals surface area contributed by atoms with Crippen molar-refractivity contribution in [2.24, 2.45) is 0 Å². The Bertz CT molecular complexity index is 1310. The van der Waals surface area contributed by atoms with Crippen LogP contribution < -0.4 is 14.8 Å². The Morgan fingerprint density at radius 3 is 2.37 bits per heavy atom. The maximum absolute atomic E-state index is 13.6. The minimum atomic E-state index is -3.90. The van der Waals surface area contributed by atoms with Gasteiger partial charge >= 0.3 is 5.97 Å². The molecule has 30 heavy (non-hydrogen) atoms. The van der Waals surface area contributed by atoms with E-state index in [1.807, 2.05) is 0 Å². The first-order valence-electron chi connectivity index (χ1n) is 8.59. The van der Waals surface area contributed by atoms with Crippen LogP contribution >= 0.6 is 0 Å². The number of rotatable bonds is 4. The first-order chi connectivity index (χ1) is 14.2. The second-order valence-electron chi connectivity index (χ2n) is 6.42. The number of aromatic carboxylic acids is 1. The Kier molecular flexibility index (Phi) is 4.67. The Labute approximate surface area is 170 Å². The fourth-order valence-electron chi connectivity index (χ4n) is 3.07. The summed E-state index contributed by atoms with van der Waals surface area (Å²) in [5.74, 6) is -2.98. The van der Waals surface area contributed by atoms with Gasteiger partial charge in [-0.1, -0.05) is 12.1 Å². The molecule has 0 radical (unpaired) electrons. The maximum Gasteiger partial charge on any atom is 0.338 e. The highest BCUT2D eigenvalue weighted by Gasteiger charge is 2.27. The summed E-state index contributed by atoms with van der Waals surface area (Å²) < 4.78 is 58.9. The highest BCUT2D eigenvalue weighted by Crippen LogP contribution is 2.46. The summed E-state index contributed by atoms with van der Waals surface area (Å²) in [6, 6.07) is 10.5. The summed E-state index contributed by atoms with van der Waals surface area (Å²) in [4.78, 5) is 11.5. The van der Waals surface area contributed by atoms with Crippen molar-refractivity contribution in [1.29, 1.82) is 0 Å². The molecular weight excluding hydrogens is 418 g/mol. The molecule has 3 aromatic carbocycles. The van der Waals surface area contributed by atoms with Gasteiger partial charge in [0.15, 0.2) is 23.1 Å². The van der Waals surface area contributed by atoms with E-state index in [1.165, 1.54) is 19.2 Å². The van der Waals surface area contributed by atoms with Crippen LogP contribution in [-0.4, -0.2) is 26.5 Å². The lowest BCUT2D eigenvalue weighted by atomic mass is 10.0. The molecule has 7 nitrogen and oxygen atoms in total. The van der Waals surface area contributed by atoms with Crippen molar-refractivity contribution in [3.63, 3.8) is 0 Å². The zero-order valence-electron chi connectivity index (χ0n) is 15.4. The molecule has 3 N–H and O–H groups in total. The van der Waals surface area contributed by atoms with Crippen LogP contribution in [0.2, 0.25) is 0 Å². The van der Waals surface area contributed by atoms with Crippen molar-refractivity contribution in [3.8, 4) is 22.6 Å². The molecule has 0 unspecified atom stereocenters. The standard InChI is InChI=1S/C20H14F2N2O5S/c1-23-30(27,28)12-8-13(20(25)26)19-18(9-12)29-17-5-3-11(7-16(17)24-19)10-2-4-14(21)15(22)6-10/h2-9,23-24H,1H3,(H,25,26). The monoisotopic (exact) mass is 432 g/mol. The van der Waals surface area contributed by atoms with Gasteiger partial charge < -0.3 is 15.2 Å². The van der Waals surface area contributed by atoms with E-state index in [0.29, 0.717) is 22.6 Å². The van der Waals surface area contributed by atoms with Gasteiger partial charge in [0.1, 0.15) is 0 Å². The highest BCUT2D eigenvalue weighted by atomic mass is 32.2. The van der Waals surface area contributed by atoms with E-state index in [4.69, 9.17) is 4.74 Å². The Hall–Kier alpha value is -3.50. The lowest BCUT2D eigenvalue weighted by Crippen LogP contribution is -2.20. The van der Waals surface area contributed by atoms with Gasteiger partial charge in [0.25, 0.3) is 0 Å². The average Bonchev–Trinajstić information content (AvgIpc) is 2.72. The molecule has 0 aliphatic carbocycles. The van der Waals surface area contributed by atoms with Crippen molar-refractivity contribution in [2.75, 3.05) is 12.4 Å². The summed E-state index contributed by atoms with van der Waals surface area (Å²) in [7, 11) is -2.69. The molecule has 0 amide bonds. The number of sulfonamides is 1. The Morgan fingerprint density at radius 1 is 1.00 bits per heavy atom. The van der Waals surface area contributed by atoms with Gasteiger partial charge in [-0.2, -0.15) is 0 Å². The number of halogens is 2. The third-order valence-electron chi connectivity index (χ3n) is 4.60. The van der Waals surface area contributed by atoms with Gasteiger partial charge in [-0.05, 0) is 48.5 Å². The zero-order valence-corrected chi connectivity index (χ0v) is 16.2. The van der Waals surface area contributed by atoms with Gasteiger partial charge in [0.2, 0.25) is 10.0 Å². The quantitative estimate of drug-likeness (QED) is 0.449. The predicted octanol–water partition coefficient (Wildman–Crippen LogP) is 4.09. The van der Waals surface area contributed by atoms with Crippen LogP contribution in [0.5, 0.6) is 11.5 Å². The van der Waals surface area contributed by atoms with Crippen LogP contribution in [-0.2, 0) is 10.0 Å². The number of carboxylic acids is 1. The molecule has 0 spiro atoms. The topological polar surface area (TPSA) is 105 Å². The van der Waals surface area contributed by atoms with Crippen LogP contribution in [0.25, 0.3) is 11.1 Å². The fraction of sp³-hybridized carbons (Fsp3) is 0.0500. The molecule has 3 aromatic rings. The molecule has 0 saturated carbocycles. The fourth-order valence-corrected chi connectivity index (χ4v) is 3.84. The molecule has 0 atom stereocenters. The van der Waals surface area contributed by atoms with Gasteiger partial charge in [-0.15, -0.1) is 0 Å². The minimum absolute atomic E-state index is 0.0248. The van der Waals surface area contributed by atoms with E-state index >= 15 is 0 Å². The van der Waals surface area contributed by atoms with Crippen LogP contribution in [0.1, 0.15) is 10.4 Å². The number of ether oxygens (including phenoxy) is 1. The molecule has 0 saturated heterocycles. The molecule has 1 heterocycles. The van der Waals surface area contributed by atoms with Crippen molar-refractivity contribution in [2.45, 2.75) is 4.90 Å². The summed E-state index contributed by atoms with van der Waals surface area (Å²) >= 11 is 0. The third kappa shape index (κ3) is 3.36. The normalized spacial score (nSPS) is 12.4. The molecule has 0 bridgehead atoms. The highest BCUT2D eigenvalue weighted by molar-refractivity contribution is 7.89. The number of anilines is 2. The van der Waals surface area contributed by atoms with Crippen LogP contribution in [0.3, 0.4) is 0 Å². The van der Waals surface area contributed by atoms with E-state index in [2.05, 4.69) is 10.0 Å². The van der Waals surface area contributed by atoms with Crippen molar-refractivity contribution < 1.29 is 31.8 Å². The number of carboxylic acid groups (broad SMARTS) is 1. The van der Waals surface area contributed by atoms with Crippen LogP contribution in [0, 0.1) is 11.6 Å². The number of hydrogen-bond donors (Lipinski definition) is 3. The van der Waals surface area contributed by atoms with E-state index in [0.717, 1.165) is 18.2 Å². The Balaban J connectivity index is 1.80. The average molecular weight is 432 g/mol. The first kappa shape index (κ1) is 19.8. The zero-order chi connectivity index (χ0) is 21.6. The van der Waals surface area contributed by atoms with Gasteiger partial charge in [-0.25, -0.2) is 26.7 Å². The second-order valence-corrected chi connectivity index (χ2v) is 8.31. The van der Waals surface area contributed by atoms with E-state index in [9.17, 15) is 27.1 Å². The molecule has 1 aliphatic rings. The number of fused-ring (bicyclic) bond motifs is 2. The predicted molar refractivity (Wildman–Crippen MR) is 105 cm³/mol. The van der Waals surface area contributed by atoms with E-state index in [1.54, 1.807) is 18.2 Å². The SMILES string of the molecule is CNS(=O)(=O)c1cc2c(c(C(=O)O)c1)Nc1cc(-c3ccc(F)c(F)c3)ccc1O2. The maximum atomic E-state index is 13.6. The van der Waals surface area contributed by atoms with E-state index in [-0.39, 0.29) is 21.9 Å². The van der Waals surface area contributed by atoms with Crippen LogP contribution in [0.4, 0.5) is 20.2 Å². The summed E-state index contributed by atoms with van der Waals surface area (Å²) in [6.07, 6.45) is 0. The summed E-state index contributed by atoms with van der Waals surface area (Å²) in [6.45, 7) is 0. The summed E-state index contributed by atoms with van der Waals surface area (Å²) in [5, 5.41) is 12.5. The van der Waals surface area contributed by atoms with Crippen molar-refractivity contribution in [3.05, 3.63) is 65.7 Å². The molecule has 1 aliphatic heterocycles. The third-order valence-corrected chi connectivity index (χ3v) is 5.99. The Morgan fingerprint density at radius 2 is 1.70 bits per heavy atom. The van der Waals surface area contributed by atoms with Crippen LogP contribution in [0.15, 0.2) is 53.4 Å². The molecule has 0 fully saturated rings. The largest absolute Gasteiger partial charge is 0.478 e. The minimum Gasteiger partial charge on any atom is -0.478 e. The smallest absolute Gasteiger partial charge is 0.338 e. The molecule has 154 valence electrons. The van der Waals surface area contributed by atoms with Gasteiger partial charge in [-0.3, -0.25) is 0 Å². The summed E-state index contributed by atoms with van der Waals surface area (Å²) in [5.41, 5.74) is 1.12. The lowest BCUT2D eigenvalue weighted by molar-refractivity contribution is 0.0697. The van der Waals surface area contributed by atoms with Gasteiger partial charge in [0.05, 0.1) is 21.8 Å². The van der Waals surface area contributed by atoms with Gasteiger partial charge in [0, 0.05) is 6.07 Å². The second kappa shape index (κ2) is 7.08. The number of benzene rings is 3. The first-order valence-corrected chi connectivity index (χ1v) is 10.1. The van der Waals surface area contributed by atoms with E-state index < -0.39 is 27.6 Å². The lowest BCUT2D eigenvalue weighted by Gasteiger charge is -2.24. The van der Waals surface area contributed by atoms with Crippen molar-refractivity contribution in [1.82, 2.24) is 4.72 Å². The number of nitrogens with one attached hydrogen (secondary N) is 2. The molecular formula is C20H14F2N2O5S. The number of carbonyl (C=O) groups is 1. The molecule has 0 aromatic heterocycles.